The lowest BCUT2D eigenvalue weighted by Crippen LogP contribution is -1.92. The standard InChI is InChI=1S/C25H17NS/c1-16-11-12-20-19(15-16)24-21(26(20)17-7-3-2-4-8-17)13-14-23-25(24)18-9-5-6-10-22(18)27-23/h2-15H,1H3. The number of benzene rings is 4. The molecule has 2 aromatic heterocycles. The van der Waals surface area contributed by atoms with Crippen LogP contribution >= 0.6 is 11.3 Å². The van der Waals surface area contributed by atoms with E-state index in [0.29, 0.717) is 0 Å². The van der Waals surface area contributed by atoms with Gasteiger partial charge in [0.05, 0.1) is 11.0 Å². The number of aryl methyl sites for hydroxylation is 1. The molecular formula is C25H17NS. The number of para-hydroxylation sites is 1. The second-order valence-electron chi connectivity index (χ2n) is 7.12. The highest BCUT2D eigenvalue weighted by atomic mass is 32.1. The quantitative estimate of drug-likeness (QED) is 0.286. The average Bonchev–Trinajstić information content (AvgIpc) is 3.23. The summed E-state index contributed by atoms with van der Waals surface area (Å²) < 4.78 is 5.11. The van der Waals surface area contributed by atoms with Crippen molar-refractivity contribution in [2.24, 2.45) is 0 Å². The minimum atomic E-state index is 1.21. The van der Waals surface area contributed by atoms with E-state index in [2.05, 4.69) is 96.4 Å². The SMILES string of the molecule is Cc1ccc2c(c1)c1c3c(ccc1n2-c1ccccc1)sc1ccccc13. The molecule has 4 aromatic carbocycles. The van der Waals surface area contributed by atoms with Gasteiger partial charge in [-0.05, 0) is 49.4 Å². The normalized spacial score (nSPS) is 11.9. The molecule has 0 atom stereocenters. The highest BCUT2D eigenvalue weighted by Gasteiger charge is 2.17. The second kappa shape index (κ2) is 5.45. The van der Waals surface area contributed by atoms with E-state index < -0.39 is 0 Å². The first-order valence-electron chi connectivity index (χ1n) is 9.22. The number of aromatic nitrogens is 1. The van der Waals surface area contributed by atoms with Gasteiger partial charge in [0, 0.05) is 36.6 Å². The Hall–Kier alpha value is -3.10. The molecule has 6 aromatic rings. The molecule has 1 nitrogen and oxygen atoms in total. The zero-order chi connectivity index (χ0) is 18.0. The molecule has 0 N–H and O–H groups in total. The monoisotopic (exact) mass is 363 g/mol. The minimum Gasteiger partial charge on any atom is -0.309 e. The van der Waals surface area contributed by atoms with Crippen LogP contribution in [0, 0.1) is 6.92 Å². The molecule has 128 valence electrons. The van der Waals surface area contributed by atoms with Crippen molar-refractivity contribution in [3.8, 4) is 5.69 Å². The number of nitrogens with zero attached hydrogens (tertiary/aromatic N) is 1. The van der Waals surface area contributed by atoms with Crippen molar-refractivity contribution in [1.82, 2.24) is 4.57 Å². The predicted octanol–water partition coefficient (Wildman–Crippen LogP) is 7.46. The fraction of sp³-hybridized carbons (Fsp3) is 0.0400. The van der Waals surface area contributed by atoms with E-state index in [-0.39, 0.29) is 0 Å². The van der Waals surface area contributed by atoms with Gasteiger partial charge >= 0.3 is 0 Å². The maximum atomic E-state index is 2.40. The molecular weight excluding hydrogens is 346 g/mol. The predicted molar refractivity (Wildman–Crippen MR) is 118 cm³/mol. The molecule has 0 fully saturated rings. The third kappa shape index (κ3) is 2.05. The van der Waals surface area contributed by atoms with Gasteiger partial charge in [0.25, 0.3) is 0 Å². The van der Waals surface area contributed by atoms with Gasteiger partial charge < -0.3 is 4.57 Å². The van der Waals surface area contributed by atoms with E-state index in [1.165, 1.54) is 53.2 Å². The third-order valence-corrected chi connectivity index (χ3v) is 6.58. The fourth-order valence-corrected chi connectivity index (χ4v) is 5.41. The van der Waals surface area contributed by atoms with Crippen LogP contribution in [0.15, 0.2) is 84.9 Å². The maximum Gasteiger partial charge on any atom is 0.0548 e. The zero-order valence-electron chi connectivity index (χ0n) is 14.9. The van der Waals surface area contributed by atoms with Gasteiger partial charge in [-0.15, -0.1) is 11.3 Å². The molecule has 0 saturated carbocycles. The van der Waals surface area contributed by atoms with Gasteiger partial charge in [0.1, 0.15) is 0 Å². The Morgan fingerprint density at radius 2 is 1.41 bits per heavy atom. The smallest absolute Gasteiger partial charge is 0.0548 e. The van der Waals surface area contributed by atoms with Crippen molar-refractivity contribution < 1.29 is 0 Å². The van der Waals surface area contributed by atoms with Gasteiger partial charge in [0.2, 0.25) is 0 Å². The molecule has 2 heteroatoms. The van der Waals surface area contributed by atoms with E-state index in [0.717, 1.165) is 0 Å². The van der Waals surface area contributed by atoms with Gasteiger partial charge in [-0.1, -0.05) is 48.0 Å². The molecule has 6 rings (SSSR count). The first kappa shape index (κ1) is 15.0. The topological polar surface area (TPSA) is 4.93 Å². The second-order valence-corrected chi connectivity index (χ2v) is 8.21. The van der Waals surface area contributed by atoms with Crippen molar-refractivity contribution in [2.75, 3.05) is 0 Å². The zero-order valence-corrected chi connectivity index (χ0v) is 15.8. The number of hydrogen-bond acceptors (Lipinski definition) is 1. The van der Waals surface area contributed by atoms with E-state index in [9.17, 15) is 0 Å². The summed E-state index contributed by atoms with van der Waals surface area (Å²) in [6, 6.07) is 30.8. The van der Waals surface area contributed by atoms with Crippen molar-refractivity contribution in [1.29, 1.82) is 0 Å². The van der Waals surface area contributed by atoms with E-state index in [1.54, 1.807) is 0 Å². The van der Waals surface area contributed by atoms with Crippen LogP contribution in [0.25, 0.3) is 47.7 Å². The highest BCUT2D eigenvalue weighted by Crippen LogP contribution is 2.43. The third-order valence-electron chi connectivity index (χ3n) is 5.44. The number of hydrogen-bond donors (Lipinski definition) is 0. The summed E-state index contributed by atoms with van der Waals surface area (Å²) in [7, 11) is 0. The largest absolute Gasteiger partial charge is 0.309 e. The summed E-state index contributed by atoms with van der Waals surface area (Å²) in [5, 5.41) is 5.45. The fourth-order valence-electron chi connectivity index (χ4n) is 4.29. The maximum absolute atomic E-state index is 2.40. The Kier molecular flexibility index (Phi) is 3.03. The van der Waals surface area contributed by atoms with E-state index in [1.807, 2.05) is 11.3 Å². The molecule has 0 saturated heterocycles. The molecule has 27 heavy (non-hydrogen) atoms. The van der Waals surface area contributed by atoms with Gasteiger partial charge in [0.15, 0.2) is 0 Å². The lowest BCUT2D eigenvalue weighted by atomic mass is 10.0. The molecule has 0 unspecified atom stereocenters. The Bertz CT molecular complexity index is 1470. The van der Waals surface area contributed by atoms with Crippen molar-refractivity contribution >= 4 is 53.3 Å². The van der Waals surface area contributed by atoms with Crippen LogP contribution in [-0.4, -0.2) is 4.57 Å². The van der Waals surface area contributed by atoms with Gasteiger partial charge in [-0.2, -0.15) is 0 Å². The molecule has 0 spiro atoms. The summed E-state index contributed by atoms with van der Waals surface area (Å²) in [5.41, 5.74) is 5.05. The number of thiophene rings is 1. The lowest BCUT2D eigenvalue weighted by Gasteiger charge is -2.07. The van der Waals surface area contributed by atoms with Crippen LogP contribution in [0.2, 0.25) is 0 Å². The summed E-state index contributed by atoms with van der Waals surface area (Å²) in [6.45, 7) is 2.18. The first-order valence-corrected chi connectivity index (χ1v) is 10.0. The van der Waals surface area contributed by atoms with Crippen molar-refractivity contribution in [3.63, 3.8) is 0 Å². The lowest BCUT2D eigenvalue weighted by molar-refractivity contribution is 1.18. The van der Waals surface area contributed by atoms with Crippen LogP contribution in [0.1, 0.15) is 5.56 Å². The van der Waals surface area contributed by atoms with Gasteiger partial charge in [-0.25, -0.2) is 0 Å². The average molecular weight is 363 g/mol. The Morgan fingerprint density at radius 1 is 0.630 bits per heavy atom. The van der Waals surface area contributed by atoms with E-state index in [4.69, 9.17) is 0 Å². The molecule has 2 heterocycles. The minimum absolute atomic E-state index is 1.21. The Morgan fingerprint density at radius 3 is 2.30 bits per heavy atom. The molecule has 0 amide bonds. The first-order chi connectivity index (χ1) is 13.3. The molecule has 0 aliphatic rings. The van der Waals surface area contributed by atoms with Crippen LogP contribution in [0.5, 0.6) is 0 Å². The van der Waals surface area contributed by atoms with Gasteiger partial charge in [-0.3, -0.25) is 0 Å². The summed E-state index contributed by atoms with van der Waals surface area (Å²) in [4.78, 5) is 0. The molecule has 0 radical (unpaired) electrons. The molecule has 0 aliphatic carbocycles. The van der Waals surface area contributed by atoms with Crippen LogP contribution in [0.4, 0.5) is 0 Å². The van der Waals surface area contributed by atoms with E-state index >= 15 is 0 Å². The van der Waals surface area contributed by atoms with Crippen LogP contribution in [0.3, 0.4) is 0 Å². The molecule has 0 aliphatic heterocycles. The highest BCUT2D eigenvalue weighted by molar-refractivity contribution is 7.26. The van der Waals surface area contributed by atoms with Crippen molar-refractivity contribution in [3.05, 3.63) is 90.5 Å². The van der Waals surface area contributed by atoms with Crippen LogP contribution in [-0.2, 0) is 0 Å². The Labute approximate surface area is 161 Å². The number of fused-ring (bicyclic) bond motifs is 7. The van der Waals surface area contributed by atoms with Crippen LogP contribution < -0.4 is 0 Å². The number of rotatable bonds is 1. The summed E-state index contributed by atoms with van der Waals surface area (Å²) in [6.07, 6.45) is 0. The Balaban J connectivity index is 1.93. The summed E-state index contributed by atoms with van der Waals surface area (Å²) in [5.74, 6) is 0. The van der Waals surface area contributed by atoms with Crippen molar-refractivity contribution in [2.45, 2.75) is 6.92 Å². The summed E-state index contributed by atoms with van der Waals surface area (Å²) >= 11 is 1.89. The molecule has 0 bridgehead atoms.